The van der Waals surface area contributed by atoms with Crippen LogP contribution in [0.25, 0.3) is 0 Å². The van der Waals surface area contributed by atoms with Gasteiger partial charge in [0.25, 0.3) is 5.56 Å². The average Bonchev–Trinajstić information content (AvgIpc) is 2.22. The topological polar surface area (TPSA) is 37.8 Å². The summed E-state index contributed by atoms with van der Waals surface area (Å²) in [6.45, 7) is 4.92. The van der Waals surface area contributed by atoms with Crippen molar-refractivity contribution >= 4 is 12.2 Å². The molecule has 20 heavy (non-hydrogen) atoms. The van der Waals surface area contributed by atoms with Crippen LogP contribution in [0, 0.1) is 21.5 Å². The zero-order valence-electron chi connectivity index (χ0n) is 12.2. The number of aromatic amines is 1. The first-order valence-electron chi connectivity index (χ1n) is 7.64. The summed E-state index contributed by atoms with van der Waals surface area (Å²) in [6.07, 6.45) is 9.70. The Kier molecular flexibility index (Phi) is 2.34. The Morgan fingerprint density at radius 2 is 1.85 bits per heavy atom. The number of hydrogen-bond acceptors (Lipinski definition) is 2. The lowest BCUT2D eigenvalue weighted by Crippen LogP contribution is -2.59. The van der Waals surface area contributed by atoms with Crippen LogP contribution in [0.3, 0.4) is 0 Å². The lowest BCUT2D eigenvalue weighted by atomic mass is 9.42. The fraction of sp³-hybridized carbons (Fsp3) is 0.750. The molecule has 2 atom stereocenters. The fourth-order valence-corrected chi connectivity index (χ4v) is 6.80. The smallest absolute Gasteiger partial charge is 0.251 e. The van der Waals surface area contributed by atoms with E-state index in [0.29, 0.717) is 15.6 Å². The zero-order valence-corrected chi connectivity index (χ0v) is 13.1. The van der Waals surface area contributed by atoms with Crippen LogP contribution >= 0.6 is 12.2 Å². The highest BCUT2D eigenvalue weighted by molar-refractivity contribution is 7.71. The van der Waals surface area contributed by atoms with Crippen LogP contribution in [0.2, 0.25) is 0 Å². The third-order valence-corrected chi connectivity index (χ3v) is 6.23. The molecule has 4 fully saturated rings. The Labute approximate surface area is 124 Å². The van der Waals surface area contributed by atoms with Crippen LogP contribution in [0.15, 0.2) is 17.1 Å². The van der Waals surface area contributed by atoms with Crippen LogP contribution in [-0.4, -0.2) is 9.55 Å². The van der Waals surface area contributed by atoms with Gasteiger partial charge in [-0.2, -0.15) is 0 Å². The number of hydrogen-bond donors (Lipinski definition) is 1. The minimum atomic E-state index is -0.0894. The largest absolute Gasteiger partial charge is 0.319 e. The van der Waals surface area contributed by atoms with Crippen molar-refractivity contribution in [1.29, 1.82) is 0 Å². The van der Waals surface area contributed by atoms with Gasteiger partial charge in [0.05, 0.1) is 0 Å². The second-order valence-corrected chi connectivity index (χ2v) is 8.72. The SMILES string of the molecule is CC12CC3CC(C)(C1)CC(n1ccc(=O)[nH]c1=S)(C3)C2. The molecule has 4 aliphatic rings. The Balaban J connectivity index is 1.88. The summed E-state index contributed by atoms with van der Waals surface area (Å²) < 4.78 is 2.82. The van der Waals surface area contributed by atoms with E-state index in [1.54, 1.807) is 6.07 Å². The molecule has 4 bridgehead atoms. The number of nitrogens with one attached hydrogen (secondary N) is 1. The lowest BCUT2D eigenvalue weighted by molar-refractivity contribution is -0.136. The van der Waals surface area contributed by atoms with Crippen molar-refractivity contribution in [2.75, 3.05) is 0 Å². The highest BCUT2D eigenvalue weighted by Crippen LogP contribution is 2.68. The molecule has 1 aromatic heterocycles. The molecule has 0 aromatic carbocycles. The summed E-state index contributed by atoms with van der Waals surface area (Å²) in [5.74, 6) is 0.829. The molecule has 4 aliphatic carbocycles. The molecule has 1 heterocycles. The first kappa shape index (κ1) is 12.8. The van der Waals surface area contributed by atoms with Gasteiger partial charge in [-0.05, 0) is 67.5 Å². The monoisotopic (exact) mass is 290 g/mol. The number of H-pyrrole nitrogens is 1. The van der Waals surface area contributed by atoms with E-state index in [9.17, 15) is 4.79 Å². The second kappa shape index (κ2) is 3.65. The van der Waals surface area contributed by atoms with Crippen molar-refractivity contribution in [2.24, 2.45) is 16.7 Å². The average molecular weight is 290 g/mol. The Morgan fingerprint density at radius 3 is 2.40 bits per heavy atom. The third kappa shape index (κ3) is 1.70. The molecule has 1 N–H and O–H groups in total. The van der Waals surface area contributed by atoms with E-state index in [4.69, 9.17) is 12.2 Å². The Hall–Kier alpha value is -0.900. The lowest BCUT2D eigenvalue weighted by Gasteiger charge is -2.65. The van der Waals surface area contributed by atoms with E-state index in [-0.39, 0.29) is 11.1 Å². The van der Waals surface area contributed by atoms with Gasteiger partial charge in [-0.25, -0.2) is 0 Å². The number of rotatable bonds is 1. The van der Waals surface area contributed by atoms with Gasteiger partial charge in [0, 0.05) is 17.8 Å². The maximum absolute atomic E-state index is 11.5. The van der Waals surface area contributed by atoms with E-state index >= 15 is 0 Å². The van der Waals surface area contributed by atoms with Gasteiger partial charge in [0.2, 0.25) is 0 Å². The molecule has 5 rings (SSSR count). The maximum Gasteiger partial charge on any atom is 0.251 e. The predicted octanol–water partition coefficient (Wildman–Crippen LogP) is 3.61. The van der Waals surface area contributed by atoms with Crippen molar-refractivity contribution in [3.8, 4) is 0 Å². The van der Waals surface area contributed by atoms with Gasteiger partial charge in [-0.1, -0.05) is 13.8 Å². The highest BCUT2D eigenvalue weighted by atomic mass is 32.1. The number of nitrogens with zero attached hydrogens (tertiary/aromatic N) is 1. The molecule has 0 spiro atoms. The van der Waals surface area contributed by atoms with Crippen molar-refractivity contribution in [3.05, 3.63) is 27.4 Å². The van der Waals surface area contributed by atoms with Crippen molar-refractivity contribution in [3.63, 3.8) is 0 Å². The molecule has 3 nitrogen and oxygen atoms in total. The molecule has 0 saturated heterocycles. The van der Waals surface area contributed by atoms with E-state index in [1.807, 2.05) is 6.20 Å². The molecule has 0 radical (unpaired) electrons. The van der Waals surface area contributed by atoms with Gasteiger partial charge in [0.1, 0.15) is 0 Å². The summed E-state index contributed by atoms with van der Waals surface area (Å²) in [4.78, 5) is 14.3. The minimum absolute atomic E-state index is 0.0894. The van der Waals surface area contributed by atoms with Crippen LogP contribution in [0.1, 0.15) is 52.4 Å². The molecular formula is C16H22N2OS. The fourth-order valence-electron chi connectivity index (χ4n) is 6.45. The summed E-state index contributed by atoms with van der Waals surface area (Å²) in [6, 6.07) is 1.62. The van der Waals surface area contributed by atoms with Crippen LogP contribution < -0.4 is 5.56 Å². The molecule has 0 aliphatic heterocycles. The molecule has 4 heteroatoms. The van der Waals surface area contributed by atoms with Crippen molar-refractivity contribution < 1.29 is 0 Å². The summed E-state index contributed by atoms with van der Waals surface area (Å²) in [5.41, 5.74) is 0.968. The quantitative estimate of drug-likeness (QED) is 0.802. The predicted molar refractivity (Wildman–Crippen MR) is 81.3 cm³/mol. The Bertz CT molecular complexity index is 670. The molecule has 1 aromatic rings. The molecule has 108 valence electrons. The van der Waals surface area contributed by atoms with Gasteiger partial charge in [-0.3, -0.25) is 9.78 Å². The van der Waals surface area contributed by atoms with Gasteiger partial charge in [-0.15, -0.1) is 0 Å². The van der Waals surface area contributed by atoms with Crippen LogP contribution in [0.4, 0.5) is 0 Å². The van der Waals surface area contributed by atoms with Gasteiger partial charge in [0.15, 0.2) is 4.77 Å². The van der Waals surface area contributed by atoms with Crippen LogP contribution in [0.5, 0.6) is 0 Å². The van der Waals surface area contributed by atoms with E-state index in [1.165, 1.54) is 38.5 Å². The first-order valence-corrected chi connectivity index (χ1v) is 8.05. The van der Waals surface area contributed by atoms with Crippen molar-refractivity contribution in [2.45, 2.75) is 57.9 Å². The van der Waals surface area contributed by atoms with Crippen LogP contribution in [-0.2, 0) is 5.54 Å². The number of aromatic nitrogens is 2. The van der Waals surface area contributed by atoms with E-state index < -0.39 is 0 Å². The highest BCUT2D eigenvalue weighted by Gasteiger charge is 2.60. The molecular weight excluding hydrogens is 268 g/mol. The summed E-state index contributed by atoms with van der Waals surface area (Å²) in [7, 11) is 0. The third-order valence-electron chi connectivity index (χ3n) is 5.93. The molecule has 4 saturated carbocycles. The van der Waals surface area contributed by atoms with E-state index in [2.05, 4.69) is 23.4 Å². The normalized spacial score (nSPS) is 45.8. The minimum Gasteiger partial charge on any atom is -0.319 e. The molecule has 0 amide bonds. The second-order valence-electron chi connectivity index (χ2n) is 8.33. The first-order chi connectivity index (χ1) is 9.32. The van der Waals surface area contributed by atoms with Crippen molar-refractivity contribution in [1.82, 2.24) is 9.55 Å². The summed E-state index contributed by atoms with van der Waals surface area (Å²) >= 11 is 5.45. The zero-order chi connectivity index (χ0) is 14.2. The van der Waals surface area contributed by atoms with Gasteiger partial charge >= 0.3 is 0 Å². The maximum atomic E-state index is 11.5. The van der Waals surface area contributed by atoms with Gasteiger partial charge < -0.3 is 4.57 Å². The standard InChI is InChI=1S/C16H22N2OS/c1-14-5-11-6-15(2,8-14)10-16(7-11,9-14)18-4-3-12(19)17-13(18)20/h3-4,11H,5-10H2,1-2H3,(H,17,19,20). The summed E-state index contributed by atoms with van der Waals surface area (Å²) in [5, 5.41) is 0. The Morgan fingerprint density at radius 1 is 1.20 bits per heavy atom. The molecule has 2 unspecified atom stereocenters. The van der Waals surface area contributed by atoms with E-state index in [0.717, 1.165) is 5.92 Å².